The van der Waals surface area contributed by atoms with Crippen molar-refractivity contribution >= 4 is 5.69 Å². The van der Waals surface area contributed by atoms with E-state index in [0.717, 1.165) is 0 Å². The van der Waals surface area contributed by atoms with Gasteiger partial charge in [-0.25, -0.2) is 5.90 Å². The molecule has 0 spiro atoms. The molecule has 0 radical (unpaired) electrons. The summed E-state index contributed by atoms with van der Waals surface area (Å²) in [7, 11) is 0. The highest BCUT2D eigenvalue weighted by molar-refractivity contribution is 5.47. The van der Waals surface area contributed by atoms with Crippen LogP contribution in [0.3, 0.4) is 0 Å². The molecule has 6 heteroatoms. The van der Waals surface area contributed by atoms with Gasteiger partial charge in [-0.1, -0.05) is 6.07 Å². The molecule has 3 N–H and O–H groups in total. The highest BCUT2D eigenvalue weighted by Crippen LogP contribution is 2.26. The van der Waals surface area contributed by atoms with Crippen LogP contribution in [-0.4, -0.2) is 16.6 Å². The predicted molar refractivity (Wildman–Crippen MR) is 48.6 cm³/mol. The Balaban J connectivity index is 2.89. The zero-order valence-corrected chi connectivity index (χ0v) is 7.34. The van der Waals surface area contributed by atoms with E-state index >= 15 is 0 Å². The second kappa shape index (κ2) is 4.54. The molecule has 76 valence electrons. The van der Waals surface area contributed by atoms with E-state index < -0.39 is 4.92 Å². The molecule has 0 heterocycles. The number of hydrogen-bond donors (Lipinski definition) is 2. The molecule has 1 aromatic carbocycles. The molecular weight excluding hydrogens is 188 g/mol. The molecule has 0 aromatic heterocycles. The smallest absolute Gasteiger partial charge is 0.310 e. The van der Waals surface area contributed by atoms with E-state index in [2.05, 4.69) is 4.84 Å². The monoisotopic (exact) mass is 198 g/mol. The zero-order valence-electron chi connectivity index (χ0n) is 7.34. The molecule has 1 rings (SSSR count). The fourth-order valence-electron chi connectivity index (χ4n) is 1.05. The number of phenolic OH excluding ortho intramolecular Hbond substituents is 1. The second-order valence-corrected chi connectivity index (χ2v) is 2.70. The molecule has 0 amide bonds. The molecule has 0 bridgehead atoms. The number of nitrogens with zero attached hydrogens (tertiary/aromatic N) is 1. The fraction of sp³-hybridized carbons (Fsp3) is 0.250. The quantitative estimate of drug-likeness (QED) is 0.549. The van der Waals surface area contributed by atoms with Crippen molar-refractivity contribution in [3.05, 3.63) is 33.9 Å². The first-order valence-corrected chi connectivity index (χ1v) is 3.93. The largest absolute Gasteiger partial charge is 0.502 e. The summed E-state index contributed by atoms with van der Waals surface area (Å²) in [5.41, 5.74) is 0.388. The van der Waals surface area contributed by atoms with Crippen LogP contribution in [0, 0.1) is 10.1 Å². The summed E-state index contributed by atoms with van der Waals surface area (Å²) in [6, 6.07) is 4.17. The van der Waals surface area contributed by atoms with Crippen molar-refractivity contribution in [1.29, 1.82) is 0 Å². The number of nitro benzene ring substituents is 1. The van der Waals surface area contributed by atoms with Crippen LogP contribution in [0.15, 0.2) is 18.2 Å². The van der Waals surface area contributed by atoms with E-state index in [-0.39, 0.29) is 18.0 Å². The Kier molecular flexibility index (Phi) is 3.38. The topological polar surface area (TPSA) is 98.6 Å². The van der Waals surface area contributed by atoms with E-state index in [1.54, 1.807) is 6.07 Å². The van der Waals surface area contributed by atoms with Crippen LogP contribution in [0.2, 0.25) is 0 Å². The van der Waals surface area contributed by atoms with Crippen molar-refractivity contribution in [1.82, 2.24) is 0 Å². The summed E-state index contributed by atoms with van der Waals surface area (Å²) < 4.78 is 0. The summed E-state index contributed by atoms with van der Waals surface area (Å²) >= 11 is 0. The maximum absolute atomic E-state index is 10.4. The summed E-state index contributed by atoms with van der Waals surface area (Å²) in [5, 5.41) is 19.6. The third-order valence-corrected chi connectivity index (χ3v) is 1.75. The number of nitro groups is 1. The van der Waals surface area contributed by atoms with Crippen LogP contribution in [0.5, 0.6) is 5.75 Å². The van der Waals surface area contributed by atoms with Gasteiger partial charge in [-0.15, -0.1) is 0 Å². The molecule has 6 nitrogen and oxygen atoms in total. The Hall–Kier alpha value is -1.66. The van der Waals surface area contributed by atoms with Gasteiger partial charge in [0.15, 0.2) is 5.75 Å². The molecule has 14 heavy (non-hydrogen) atoms. The number of nitrogens with two attached hydrogens (primary N) is 1. The van der Waals surface area contributed by atoms with Crippen molar-refractivity contribution in [2.24, 2.45) is 5.90 Å². The Morgan fingerprint density at radius 2 is 2.29 bits per heavy atom. The minimum Gasteiger partial charge on any atom is -0.502 e. The van der Waals surface area contributed by atoms with E-state index in [4.69, 9.17) is 11.0 Å². The van der Waals surface area contributed by atoms with Gasteiger partial charge in [0.1, 0.15) is 0 Å². The van der Waals surface area contributed by atoms with Gasteiger partial charge >= 0.3 is 5.69 Å². The minimum absolute atomic E-state index is 0.280. The molecular formula is C8H10N2O4. The lowest BCUT2D eigenvalue weighted by Crippen LogP contribution is -2.03. The molecule has 0 fully saturated rings. The SMILES string of the molecule is NOCCc1ccc(O)c([N+](=O)[O-])c1. The predicted octanol–water partition coefficient (Wildman–Crippen LogP) is 0.733. The number of aromatic hydroxyl groups is 1. The normalized spacial score (nSPS) is 10.1. The van der Waals surface area contributed by atoms with Crippen molar-refractivity contribution in [2.75, 3.05) is 6.61 Å². The standard InChI is InChI=1S/C8H10N2O4/c9-14-4-3-6-1-2-8(11)7(5-6)10(12)13/h1-2,5,11H,3-4,9H2. The first-order chi connectivity index (χ1) is 6.65. The molecule has 0 aliphatic rings. The molecule has 1 aromatic rings. The van der Waals surface area contributed by atoms with Gasteiger partial charge in [-0.2, -0.15) is 0 Å². The van der Waals surface area contributed by atoms with Crippen molar-refractivity contribution in [3.63, 3.8) is 0 Å². The average Bonchev–Trinajstić information content (AvgIpc) is 2.16. The van der Waals surface area contributed by atoms with E-state index in [1.165, 1.54) is 12.1 Å². The highest BCUT2D eigenvalue weighted by Gasteiger charge is 2.12. The van der Waals surface area contributed by atoms with Crippen LogP contribution in [0.4, 0.5) is 5.69 Å². The first kappa shape index (κ1) is 10.4. The van der Waals surface area contributed by atoms with E-state index in [1.807, 2.05) is 0 Å². The third kappa shape index (κ3) is 2.41. The maximum Gasteiger partial charge on any atom is 0.310 e. The van der Waals surface area contributed by atoms with Gasteiger partial charge in [-0.3, -0.25) is 10.1 Å². The molecule has 0 saturated carbocycles. The average molecular weight is 198 g/mol. The zero-order chi connectivity index (χ0) is 10.6. The van der Waals surface area contributed by atoms with Crippen LogP contribution in [0.1, 0.15) is 5.56 Å². The van der Waals surface area contributed by atoms with Crippen molar-refractivity contribution in [2.45, 2.75) is 6.42 Å². The van der Waals surface area contributed by atoms with Gasteiger partial charge < -0.3 is 9.94 Å². The van der Waals surface area contributed by atoms with Gasteiger partial charge in [0.25, 0.3) is 0 Å². The lowest BCUT2D eigenvalue weighted by atomic mass is 10.1. The second-order valence-electron chi connectivity index (χ2n) is 2.70. The molecule has 0 atom stereocenters. The van der Waals surface area contributed by atoms with E-state index in [0.29, 0.717) is 12.0 Å². The van der Waals surface area contributed by atoms with Crippen LogP contribution in [-0.2, 0) is 11.3 Å². The Bertz CT molecular complexity index is 340. The summed E-state index contributed by atoms with van der Waals surface area (Å²) in [5.74, 6) is 4.48. The highest BCUT2D eigenvalue weighted by atomic mass is 16.6. The molecule has 0 saturated heterocycles. The van der Waals surface area contributed by atoms with Gasteiger partial charge in [0.05, 0.1) is 11.5 Å². The maximum atomic E-state index is 10.4. The van der Waals surface area contributed by atoms with Gasteiger partial charge in [-0.05, 0) is 18.1 Å². The van der Waals surface area contributed by atoms with Crippen LogP contribution in [0.25, 0.3) is 0 Å². The Morgan fingerprint density at radius 1 is 1.57 bits per heavy atom. The number of rotatable bonds is 4. The lowest BCUT2D eigenvalue weighted by Gasteiger charge is -2.01. The number of benzene rings is 1. The summed E-state index contributed by atoms with van der Waals surface area (Å²) in [4.78, 5) is 14.1. The lowest BCUT2D eigenvalue weighted by molar-refractivity contribution is -0.385. The molecule has 0 unspecified atom stereocenters. The summed E-state index contributed by atoms with van der Waals surface area (Å²) in [6.07, 6.45) is 0.470. The number of phenols is 1. The first-order valence-electron chi connectivity index (χ1n) is 3.93. The third-order valence-electron chi connectivity index (χ3n) is 1.75. The van der Waals surface area contributed by atoms with Crippen molar-refractivity contribution in [3.8, 4) is 5.75 Å². The summed E-state index contributed by atoms with van der Waals surface area (Å²) in [6.45, 7) is 0.280. The molecule has 0 aliphatic carbocycles. The van der Waals surface area contributed by atoms with Gasteiger partial charge in [0.2, 0.25) is 0 Å². The molecule has 0 aliphatic heterocycles. The Morgan fingerprint density at radius 3 is 2.86 bits per heavy atom. The fourth-order valence-corrected chi connectivity index (χ4v) is 1.05. The van der Waals surface area contributed by atoms with Crippen LogP contribution < -0.4 is 5.90 Å². The Labute approximate surface area is 80.0 Å². The minimum atomic E-state index is -0.637. The van der Waals surface area contributed by atoms with Crippen LogP contribution >= 0.6 is 0 Å². The van der Waals surface area contributed by atoms with E-state index in [9.17, 15) is 10.1 Å². The van der Waals surface area contributed by atoms with Crippen molar-refractivity contribution < 1.29 is 14.9 Å². The number of hydrogen-bond acceptors (Lipinski definition) is 5. The van der Waals surface area contributed by atoms with Gasteiger partial charge in [0, 0.05) is 6.07 Å².